The maximum atomic E-state index is 5.21. The molecule has 0 aliphatic carbocycles. The van der Waals surface area contributed by atoms with E-state index < -0.39 is 0 Å². The van der Waals surface area contributed by atoms with Gasteiger partial charge in [-0.25, -0.2) is 15.0 Å². The normalized spacial score (nSPS) is 11.2. The molecule has 0 bridgehead atoms. The number of fused-ring (bicyclic) bond motifs is 2. The van der Waals surface area contributed by atoms with Crippen LogP contribution in [0.1, 0.15) is 0 Å². The van der Waals surface area contributed by atoms with Crippen molar-refractivity contribution in [1.29, 1.82) is 0 Å². The van der Waals surface area contributed by atoms with Crippen molar-refractivity contribution < 1.29 is 0 Å². The van der Waals surface area contributed by atoms with E-state index in [0.717, 1.165) is 82.7 Å². The number of hydrogen-bond donors (Lipinski definition) is 0. The minimum atomic E-state index is 0.577. The van der Waals surface area contributed by atoms with Gasteiger partial charge >= 0.3 is 0 Å². The van der Waals surface area contributed by atoms with Crippen molar-refractivity contribution in [3.05, 3.63) is 189 Å². The molecule has 7 nitrogen and oxygen atoms in total. The summed E-state index contributed by atoms with van der Waals surface area (Å²) in [7, 11) is 0. The van der Waals surface area contributed by atoms with Crippen molar-refractivity contribution in [3.63, 3.8) is 0 Å². The van der Waals surface area contributed by atoms with Crippen LogP contribution < -0.4 is 0 Å². The van der Waals surface area contributed by atoms with E-state index in [9.17, 15) is 0 Å². The lowest BCUT2D eigenvalue weighted by Crippen LogP contribution is -2.01. The Kier molecular flexibility index (Phi) is 8.35. The van der Waals surface area contributed by atoms with E-state index in [4.69, 9.17) is 15.0 Å². The quantitative estimate of drug-likeness (QED) is 0.162. The Balaban J connectivity index is 1.19. The van der Waals surface area contributed by atoms with Gasteiger partial charge in [0.15, 0.2) is 17.5 Å². The highest BCUT2D eigenvalue weighted by Crippen LogP contribution is 2.36. The number of rotatable bonds is 7. The predicted molar refractivity (Wildman–Crippen MR) is 224 cm³/mol. The van der Waals surface area contributed by atoms with E-state index in [2.05, 4.69) is 123 Å². The molecular formula is C49H31N7. The molecule has 0 radical (unpaired) electrons. The molecule has 5 heterocycles. The molecular weight excluding hydrogens is 687 g/mol. The standard InChI is InChI=1S/C49H31N7/c1-3-34(32-11-17-50-18-12-32)23-36(5-1)44-27-45(37-6-2-4-35(24-37)33-13-19-51-20-14-33)29-46(28-44)49-55-47(40-7-9-42-30-52-21-15-38(42)25-40)54-48(56-49)41-8-10-43-31-53-22-16-39(43)26-41/h1-31H. The maximum Gasteiger partial charge on any atom is 0.164 e. The average Bonchev–Trinajstić information content (AvgIpc) is 3.29. The molecule has 0 saturated heterocycles. The minimum Gasteiger partial charge on any atom is -0.265 e. The first-order chi connectivity index (χ1) is 27.7. The summed E-state index contributed by atoms with van der Waals surface area (Å²) in [6, 6.07) is 48.4. The van der Waals surface area contributed by atoms with Crippen molar-refractivity contribution in [2.75, 3.05) is 0 Å². The zero-order valence-corrected chi connectivity index (χ0v) is 30.0. The van der Waals surface area contributed by atoms with Crippen LogP contribution >= 0.6 is 0 Å². The molecule has 5 aromatic carbocycles. The zero-order chi connectivity index (χ0) is 37.3. The molecule has 0 unspecified atom stereocenters. The van der Waals surface area contributed by atoms with Crippen molar-refractivity contribution in [1.82, 2.24) is 34.9 Å². The molecule has 5 aromatic heterocycles. The summed E-state index contributed by atoms with van der Waals surface area (Å²) in [4.78, 5) is 32.6. The largest absolute Gasteiger partial charge is 0.265 e. The number of pyridine rings is 4. The van der Waals surface area contributed by atoms with Crippen LogP contribution in [0.2, 0.25) is 0 Å². The van der Waals surface area contributed by atoms with Gasteiger partial charge in [-0.05, 0) is 134 Å². The number of benzene rings is 5. The lowest BCUT2D eigenvalue weighted by molar-refractivity contribution is 1.08. The van der Waals surface area contributed by atoms with E-state index in [0.29, 0.717) is 17.5 Å². The second-order valence-electron chi connectivity index (χ2n) is 13.6. The SMILES string of the molecule is c1cc(-c2ccncc2)cc(-c2cc(-c3cccc(-c4ccncc4)c3)cc(-c3nc(-c4ccc5cnccc5c4)nc(-c4ccc5cnccc5c4)n3)c2)c1. The summed E-state index contributed by atoms with van der Waals surface area (Å²) >= 11 is 0. The second-order valence-corrected chi connectivity index (χ2v) is 13.6. The molecule has 10 aromatic rings. The molecule has 56 heavy (non-hydrogen) atoms. The van der Waals surface area contributed by atoms with Crippen molar-refractivity contribution in [2.45, 2.75) is 0 Å². The molecule has 0 spiro atoms. The summed E-state index contributed by atoms with van der Waals surface area (Å²) in [5, 5.41) is 4.22. The van der Waals surface area contributed by atoms with Crippen LogP contribution in [-0.4, -0.2) is 34.9 Å². The molecule has 0 fully saturated rings. The van der Waals surface area contributed by atoms with Gasteiger partial charge in [0, 0.05) is 77.0 Å². The summed E-state index contributed by atoms with van der Waals surface area (Å²) in [5.74, 6) is 1.75. The molecule has 0 saturated carbocycles. The van der Waals surface area contributed by atoms with Gasteiger partial charge in [-0.2, -0.15) is 0 Å². The molecule has 262 valence electrons. The van der Waals surface area contributed by atoms with Gasteiger partial charge in [0.2, 0.25) is 0 Å². The van der Waals surface area contributed by atoms with Gasteiger partial charge in [0.1, 0.15) is 0 Å². The highest BCUT2D eigenvalue weighted by molar-refractivity contribution is 5.88. The first-order valence-corrected chi connectivity index (χ1v) is 18.3. The van der Waals surface area contributed by atoms with E-state index in [1.165, 1.54) is 0 Å². The van der Waals surface area contributed by atoms with Gasteiger partial charge in [0.25, 0.3) is 0 Å². The first kappa shape index (κ1) is 32.8. The summed E-state index contributed by atoms with van der Waals surface area (Å²) in [5.41, 5.74) is 11.3. The lowest BCUT2D eigenvalue weighted by Gasteiger charge is -2.14. The Morgan fingerprint density at radius 3 is 1.07 bits per heavy atom. The van der Waals surface area contributed by atoms with Crippen LogP contribution in [0, 0.1) is 0 Å². The molecule has 7 heteroatoms. The summed E-state index contributed by atoms with van der Waals surface area (Å²) in [6.07, 6.45) is 14.6. The van der Waals surface area contributed by atoms with Crippen molar-refractivity contribution in [3.8, 4) is 78.7 Å². The second kappa shape index (κ2) is 14.2. The van der Waals surface area contributed by atoms with E-state index >= 15 is 0 Å². The van der Waals surface area contributed by atoms with Crippen LogP contribution in [0.4, 0.5) is 0 Å². The van der Waals surface area contributed by atoms with Crippen LogP contribution in [0.15, 0.2) is 189 Å². The first-order valence-electron chi connectivity index (χ1n) is 18.3. The van der Waals surface area contributed by atoms with Gasteiger partial charge < -0.3 is 0 Å². The highest BCUT2D eigenvalue weighted by atomic mass is 15.0. The molecule has 0 aliphatic rings. The minimum absolute atomic E-state index is 0.577. The third kappa shape index (κ3) is 6.54. The predicted octanol–water partition coefficient (Wildman–Crippen LogP) is 11.4. The number of aromatic nitrogens is 7. The molecule has 10 rings (SSSR count). The average molecular weight is 718 g/mol. The van der Waals surface area contributed by atoms with E-state index in [1.807, 2.05) is 73.6 Å². The van der Waals surface area contributed by atoms with Crippen molar-refractivity contribution in [2.24, 2.45) is 0 Å². The molecule has 0 N–H and O–H groups in total. The van der Waals surface area contributed by atoms with Crippen molar-refractivity contribution >= 4 is 21.5 Å². The monoisotopic (exact) mass is 717 g/mol. The van der Waals surface area contributed by atoms with E-state index in [1.54, 1.807) is 12.4 Å². The van der Waals surface area contributed by atoms with E-state index in [-0.39, 0.29) is 0 Å². The van der Waals surface area contributed by atoms with Crippen LogP contribution in [0.25, 0.3) is 100 Å². The topological polar surface area (TPSA) is 90.2 Å². The molecule has 0 atom stereocenters. The fourth-order valence-electron chi connectivity index (χ4n) is 7.14. The fraction of sp³-hybridized carbons (Fsp3) is 0. The van der Waals surface area contributed by atoms with Gasteiger partial charge in [0.05, 0.1) is 0 Å². The Morgan fingerprint density at radius 1 is 0.232 bits per heavy atom. The van der Waals surface area contributed by atoms with Crippen LogP contribution in [0.3, 0.4) is 0 Å². The third-order valence-corrected chi connectivity index (χ3v) is 10.0. The smallest absolute Gasteiger partial charge is 0.164 e. The Morgan fingerprint density at radius 2 is 0.607 bits per heavy atom. The maximum absolute atomic E-state index is 5.21. The molecule has 0 aliphatic heterocycles. The summed E-state index contributed by atoms with van der Waals surface area (Å²) in [6.45, 7) is 0. The Bertz CT molecular complexity index is 2840. The number of hydrogen-bond acceptors (Lipinski definition) is 7. The van der Waals surface area contributed by atoms with Gasteiger partial charge in [-0.1, -0.05) is 60.7 Å². The molecule has 0 amide bonds. The lowest BCUT2D eigenvalue weighted by atomic mass is 9.93. The number of nitrogens with zero attached hydrogens (tertiary/aromatic N) is 7. The Labute approximate surface area is 323 Å². The van der Waals surface area contributed by atoms with Crippen LogP contribution in [-0.2, 0) is 0 Å². The van der Waals surface area contributed by atoms with Crippen LogP contribution in [0.5, 0.6) is 0 Å². The van der Waals surface area contributed by atoms with Gasteiger partial charge in [-0.15, -0.1) is 0 Å². The Hall–Kier alpha value is -7.77. The fourth-order valence-corrected chi connectivity index (χ4v) is 7.14. The zero-order valence-electron chi connectivity index (χ0n) is 30.0. The summed E-state index contributed by atoms with van der Waals surface area (Å²) < 4.78 is 0. The highest BCUT2D eigenvalue weighted by Gasteiger charge is 2.16. The third-order valence-electron chi connectivity index (χ3n) is 10.0. The van der Waals surface area contributed by atoms with Gasteiger partial charge in [-0.3, -0.25) is 19.9 Å².